The highest BCUT2D eigenvalue weighted by Crippen LogP contribution is 1.80. The second kappa shape index (κ2) is 5.95. The second-order valence-corrected chi connectivity index (χ2v) is 1.79. The van der Waals surface area contributed by atoms with Crippen LogP contribution >= 0.6 is 0 Å². The number of hydrogen-bond donors (Lipinski definition) is 1. The first kappa shape index (κ1) is 8.82. The van der Waals surface area contributed by atoms with E-state index in [1.807, 2.05) is 24.5 Å². The minimum absolute atomic E-state index is 0.755. The van der Waals surface area contributed by atoms with Gasteiger partial charge in [0.05, 0.1) is 12.9 Å². The van der Waals surface area contributed by atoms with Crippen molar-refractivity contribution in [1.29, 1.82) is 0 Å². The van der Waals surface area contributed by atoms with E-state index in [2.05, 4.69) is 16.3 Å². The van der Waals surface area contributed by atoms with Crippen molar-refractivity contribution >= 4 is 0 Å². The van der Waals surface area contributed by atoms with Crippen LogP contribution in [0, 0.1) is 0 Å². The molecule has 0 amide bonds. The lowest BCUT2D eigenvalue weighted by molar-refractivity contribution is 0.295. The van der Waals surface area contributed by atoms with Crippen molar-refractivity contribution in [3.63, 3.8) is 0 Å². The molecule has 0 aliphatic rings. The van der Waals surface area contributed by atoms with Gasteiger partial charge in [-0.3, -0.25) is 0 Å². The quantitative estimate of drug-likeness (QED) is 0.593. The molecule has 2 heteroatoms. The van der Waals surface area contributed by atoms with Gasteiger partial charge in [-0.1, -0.05) is 6.58 Å². The predicted octanol–water partition coefficient (Wildman–Crippen LogP) is 2.18. The summed E-state index contributed by atoms with van der Waals surface area (Å²) in [5.41, 5.74) is 0. The number of allylic oxidation sites excluding steroid dienone is 1. The molecule has 0 radical (unpaired) electrons. The summed E-state index contributed by atoms with van der Waals surface area (Å²) in [5.74, 6) is 0.755. The van der Waals surface area contributed by atoms with Crippen molar-refractivity contribution in [3.05, 3.63) is 36.9 Å². The van der Waals surface area contributed by atoms with Crippen molar-refractivity contribution in [1.82, 2.24) is 4.98 Å². The van der Waals surface area contributed by atoms with Crippen molar-refractivity contribution in [2.75, 3.05) is 7.11 Å². The van der Waals surface area contributed by atoms with Crippen LogP contribution in [0.25, 0.3) is 0 Å². The Balaban J connectivity index is 0.000000162. The van der Waals surface area contributed by atoms with E-state index in [0.717, 1.165) is 5.76 Å². The third-order valence-electron chi connectivity index (χ3n) is 0.844. The Morgan fingerprint density at radius 2 is 1.80 bits per heavy atom. The fourth-order valence-corrected chi connectivity index (χ4v) is 0.278. The molecule has 0 fully saturated rings. The lowest BCUT2D eigenvalue weighted by Crippen LogP contribution is -1.70. The molecule has 0 saturated carbocycles. The van der Waals surface area contributed by atoms with Crippen LogP contribution in [0.1, 0.15) is 6.92 Å². The SMILES string of the molecule is C=C(C)OC.c1cc[nH]c1. The maximum absolute atomic E-state index is 4.56. The van der Waals surface area contributed by atoms with Crippen LogP contribution in [0.15, 0.2) is 36.9 Å². The predicted molar refractivity (Wildman–Crippen MR) is 42.6 cm³/mol. The van der Waals surface area contributed by atoms with E-state index >= 15 is 0 Å². The first-order valence-electron chi connectivity index (χ1n) is 3.04. The molecular formula is C8H13NO. The smallest absolute Gasteiger partial charge is 0.0853 e. The van der Waals surface area contributed by atoms with Gasteiger partial charge in [0.25, 0.3) is 0 Å². The Kier molecular flexibility index (Phi) is 5.25. The van der Waals surface area contributed by atoms with Crippen LogP contribution in [0.5, 0.6) is 0 Å². The van der Waals surface area contributed by atoms with E-state index in [1.165, 1.54) is 0 Å². The molecule has 0 aliphatic heterocycles. The molecule has 0 unspecified atom stereocenters. The molecule has 0 bridgehead atoms. The Bertz CT molecular complexity index is 139. The van der Waals surface area contributed by atoms with Crippen molar-refractivity contribution in [3.8, 4) is 0 Å². The van der Waals surface area contributed by atoms with Crippen LogP contribution in [-0.4, -0.2) is 12.1 Å². The Hall–Kier alpha value is -1.18. The Morgan fingerprint density at radius 1 is 1.40 bits per heavy atom. The highest BCUT2D eigenvalue weighted by atomic mass is 16.5. The molecule has 0 spiro atoms. The number of ether oxygens (including phenoxy) is 1. The van der Waals surface area contributed by atoms with Crippen LogP contribution in [0.2, 0.25) is 0 Å². The summed E-state index contributed by atoms with van der Waals surface area (Å²) in [6.45, 7) is 5.26. The standard InChI is InChI=1S/C4H5N.C4H8O/c1-2-4-5-3-1;1-4(2)5-3/h1-5H;1H2,2-3H3. The lowest BCUT2D eigenvalue weighted by Gasteiger charge is -1.88. The summed E-state index contributed by atoms with van der Waals surface area (Å²) < 4.78 is 4.56. The molecule has 1 aromatic rings. The highest BCUT2D eigenvalue weighted by molar-refractivity contribution is 4.84. The van der Waals surface area contributed by atoms with E-state index in [1.54, 1.807) is 14.0 Å². The van der Waals surface area contributed by atoms with E-state index in [0.29, 0.717) is 0 Å². The monoisotopic (exact) mass is 139 g/mol. The Morgan fingerprint density at radius 3 is 1.90 bits per heavy atom. The van der Waals surface area contributed by atoms with Crippen molar-refractivity contribution < 1.29 is 4.74 Å². The van der Waals surface area contributed by atoms with Gasteiger partial charge in [0, 0.05) is 12.4 Å². The molecule has 2 nitrogen and oxygen atoms in total. The van der Waals surface area contributed by atoms with E-state index < -0.39 is 0 Å². The summed E-state index contributed by atoms with van der Waals surface area (Å²) in [7, 11) is 1.60. The van der Waals surface area contributed by atoms with Crippen molar-refractivity contribution in [2.45, 2.75) is 6.92 Å². The fraction of sp³-hybridized carbons (Fsp3) is 0.250. The van der Waals surface area contributed by atoms with Gasteiger partial charge in [0.2, 0.25) is 0 Å². The van der Waals surface area contributed by atoms with E-state index in [4.69, 9.17) is 0 Å². The number of aromatic amines is 1. The molecule has 56 valence electrons. The number of nitrogens with one attached hydrogen (secondary N) is 1. The van der Waals surface area contributed by atoms with E-state index in [-0.39, 0.29) is 0 Å². The van der Waals surface area contributed by atoms with Crippen LogP contribution in [-0.2, 0) is 4.74 Å². The minimum atomic E-state index is 0.755. The molecule has 0 atom stereocenters. The molecular weight excluding hydrogens is 126 g/mol. The number of hydrogen-bond acceptors (Lipinski definition) is 1. The zero-order valence-corrected chi connectivity index (χ0v) is 6.42. The lowest BCUT2D eigenvalue weighted by atomic mass is 10.7. The zero-order chi connectivity index (χ0) is 7.82. The van der Waals surface area contributed by atoms with Crippen molar-refractivity contribution in [2.24, 2.45) is 0 Å². The Labute approximate surface area is 61.5 Å². The fourth-order valence-electron chi connectivity index (χ4n) is 0.278. The van der Waals surface area contributed by atoms with Crippen LogP contribution < -0.4 is 0 Å². The average Bonchev–Trinajstić information content (AvgIpc) is 2.43. The number of methoxy groups -OCH3 is 1. The van der Waals surface area contributed by atoms with Gasteiger partial charge in [-0.15, -0.1) is 0 Å². The first-order valence-corrected chi connectivity index (χ1v) is 3.04. The minimum Gasteiger partial charge on any atom is -0.502 e. The van der Waals surface area contributed by atoms with Gasteiger partial charge >= 0.3 is 0 Å². The molecule has 0 aromatic carbocycles. The highest BCUT2D eigenvalue weighted by Gasteiger charge is 1.65. The third kappa shape index (κ3) is 6.82. The van der Waals surface area contributed by atoms with Gasteiger partial charge in [-0.25, -0.2) is 0 Å². The molecule has 10 heavy (non-hydrogen) atoms. The number of aromatic nitrogens is 1. The maximum Gasteiger partial charge on any atom is 0.0853 e. The van der Waals surface area contributed by atoms with Gasteiger partial charge in [-0.2, -0.15) is 0 Å². The topological polar surface area (TPSA) is 25.0 Å². The van der Waals surface area contributed by atoms with E-state index in [9.17, 15) is 0 Å². The summed E-state index contributed by atoms with van der Waals surface area (Å²) in [5, 5.41) is 0. The second-order valence-electron chi connectivity index (χ2n) is 1.79. The van der Waals surface area contributed by atoms with Gasteiger partial charge in [-0.05, 0) is 19.1 Å². The molecule has 1 rings (SSSR count). The molecule has 1 N–H and O–H groups in total. The molecule has 1 aromatic heterocycles. The molecule has 1 heterocycles. The van der Waals surface area contributed by atoms with Gasteiger partial charge in [0.15, 0.2) is 0 Å². The number of H-pyrrole nitrogens is 1. The normalized spacial score (nSPS) is 7.40. The summed E-state index contributed by atoms with van der Waals surface area (Å²) in [6, 6.07) is 3.89. The van der Waals surface area contributed by atoms with Gasteiger partial charge in [0.1, 0.15) is 0 Å². The maximum atomic E-state index is 4.56. The largest absolute Gasteiger partial charge is 0.502 e. The first-order chi connectivity index (χ1) is 4.77. The molecule has 0 saturated heterocycles. The zero-order valence-electron chi connectivity index (χ0n) is 6.42. The summed E-state index contributed by atoms with van der Waals surface area (Å²) in [6.07, 6.45) is 3.75. The number of rotatable bonds is 1. The third-order valence-corrected chi connectivity index (χ3v) is 0.844. The summed E-state index contributed by atoms with van der Waals surface area (Å²) in [4.78, 5) is 2.86. The van der Waals surface area contributed by atoms with Gasteiger partial charge < -0.3 is 9.72 Å². The summed E-state index contributed by atoms with van der Waals surface area (Å²) >= 11 is 0. The average molecular weight is 139 g/mol. The molecule has 0 aliphatic carbocycles. The van der Waals surface area contributed by atoms with Crippen LogP contribution in [0.4, 0.5) is 0 Å². The van der Waals surface area contributed by atoms with Crippen LogP contribution in [0.3, 0.4) is 0 Å².